The number of piperidine rings is 1. The van der Waals surface area contributed by atoms with Gasteiger partial charge in [-0.3, -0.25) is 14.4 Å². The third-order valence-corrected chi connectivity index (χ3v) is 5.78. The van der Waals surface area contributed by atoms with E-state index in [9.17, 15) is 14.4 Å². The Kier molecular flexibility index (Phi) is 6.62. The number of primary amides is 1. The minimum Gasteiger partial charge on any atom is -0.364 e. The van der Waals surface area contributed by atoms with Crippen LogP contribution >= 0.6 is 0 Å². The number of amides is 2. The lowest BCUT2D eigenvalue weighted by Gasteiger charge is -2.32. The first-order valence-corrected chi connectivity index (χ1v) is 11.1. The zero-order chi connectivity index (χ0) is 23.4. The van der Waals surface area contributed by atoms with Gasteiger partial charge >= 0.3 is 0 Å². The number of hydrogen-bond donors (Lipinski definition) is 3. The first-order valence-electron chi connectivity index (χ1n) is 11.1. The van der Waals surface area contributed by atoms with E-state index in [-0.39, 0.29) is 35.2 Å². The highest BCUT2D eigenvalue weighted by Gasteiger charge is 2.26. The number of anilines is 3. The van der Waals surface area contributed by atoms with Gasteiger partial charge in [-0.2, -0.15) is 4.98 Å². The van der Waals surface area contributed by atoms with Gasteiger partial charge in [-0.05, 0) is 49.8 Å². The van der Waals surface area contributed by atoms with Gasteiger partial charge in [-0.25, -0.2) is 0 Å². The van der Waals surface area contributed by atoms with E-state index in [1.54, 1.807) is 29.2 Å². The number of hydrogen-bond acceptors (Lipinski definition) is 8. The lowest BCUT2D eigenvalue weighted by atomic mass is 10.1. The Labute approximate surface area is 191 Å². The van der Waals surface area contributed by atoms with Crippen molar-refractivity contribution < 1.29 is 14.4 Å². The molecule has 4 rings (SSSR count). The number of carbonyl (C=O) groups excluding carboxylic acids is 3. The first kappa shape index (κ1) is 22.4. The summed E-state index contributed by atoms with van der Waals surface area (Å²) in [6.07, 6.45) is 5.72. The Morgan fingerprint density at radius 3 is 2.76 bits per heavy atom. The van der Waals surface area contributed by atoms with Crippen LogP contribution in [0.4, 0.5) is 17.5 Å². The minimum absolute atomic E-state index is 0.0694. The van der Waals surface area contributed by atoms with Crippen molar-refractivity contribution in [2.75, 3.05) is 23.7 Å². The molecule has 2 aromatic rings. The van der Waals surface area contributed by atoms with Crippen molar-refractivity contribution >= 4 is 35.1 Å². The maximum Gasteiger partial charge on any atom is 0.273 e. The van der Waals surface area contributed by atoms with Crippen LogP contribution in [-0.4, -0.2) is 56.8 Å². The van der Waals surface area contributed by atoms with Crippen LogP contribution in [-0.2, 0) is 4.79 Å². The molecule has 0 radical (unpaired) electrons. The second-order valence-electron chi connectivity index (χ2n) is 8.45. The molecule has 2 aliphatic rings. The zero-order valence-electron chi connectivity index (χ0n) is 18.3. The lowest BCUT2D eigenvalue weighted by Crippen LogP contribution is -2.44. The summed E-state index contributed by atoms with van der Waals surface area (Å²) in [6.45, 7) is 4.69. The predicted octanol–water partition coefficient (Wildman–Crippen LogP) is 2.29. The molecule has 1 aliphatic heterocycles. The summed E-state index contributed by atoms with van der Waals surface area (Å²) in [5.74, 6) is 0.0413. The molecule has 0 bridgehead atoms. The topological polar surface area (TPSA) is 143 Å². The summed E-state index contributed by atoms with van der Waals surface area (Å²) in [5, 5.41) is 14.1. The molecular formula is C23H27N7O3. The first-order chi connectivity index (χ1) is 15.9. The molecule has 0 unspecified atom stereocenters. The average Bonchev–Trinajstić information content (AvgIpc) is 3.63. The quantitative estimate of drug-likeness (QED) is 0.391. The largest absolute Gasteiger partial charge is 0.364 e. The summed E-state index contributed by atoms with van der Waals surface area (Å²) >= 11 is 0. The highest BCUT2D eigenvalue weighted by atomic mass is 16.2. The molecule has 10 heteroatoms. The third kappa shape index (κ3) is 5.71. The van der Waals surface area contributed by atoms with Crippen LogP contribution in [0.15, 0.2) is 36.9 Å². The van der Waals surface area contributed by atoms with Crippen molar-refractivity contribution in [3.8, 4) is 0 Å². The van der Waals surface area contributed by atoms with Crippen molar-refractivity contribution in [1.29, 1.82) is 0 Å². The van der Waals surface area contributed by atoms with Gasteiger partial charge in [0, 0.05) is 36.8 Å². The Hall–Kier alpha value is -3.82. The number of ketones is 1. The molecule has 4 N–H and O–H groups in total. The fraction of sp³-hybridized carbons (Fsp3) is 0.391. The molecule has 2 heterocycles. The maximum atomic E-state index is 12.5. The van der Waals surface area contributed by atoms with E-state index in [1.807, 2.05) is 0 Å². The molecule has 172 valence electrons. The van der Waals surface area contributed by atoms with E-state index >= 15 is 0 Å². The van der Waals surface area contributed by atoms with Crippen LogP contribution in [0, 0.1) is 5.92 Å². The molecule has 1 aromatic carbocycles. The zero-order valence-corrected chi connectivity index (χ0v) is 18.3. The van der Waals surface area contributed by atoms with E-state index in [0.717, 1.165) is 25.7 Å². The van der Waals surface area contributed by atoms with E-state index in [2.05, 4.69) is 32.4 Å². The number of Topliss-reactive ketones (excluding diaryl/α,β-unsaturated/α-hetero) is 1. The molecule has 33 heavy (non-hydrogen) atoms. The van der Waals surface area contributed by atoms with Crippen LogP contribution in [0.3, 0.4) is 0 Å². The van der Waals surface area contributed by atoms with Crippen LogP contribution in [0.5, 0.6) is 0 Å². The molecule has 0 spiro atoms. The van der Waals surface area contributed by atoms with Gasteiger partial charge in [0.1, 0.15) is 0 Å². The van der Waals surface area contributed by atoms with Gasteiger partial charge in [0.25, 0.3) is 5.91 Å². The van der Waals surface area contributed by atoms with Crippen molar-refractivity contribution in [3.63, 3.8) is 0 Å². The van der Waals surface area contributed by atoms with Gasteiger partial charge in [0.15, 0.2) is 17.3 Å². The number of nitrogens with one attached hydrogen (secondary N) is 2. The number of aromatic nitrogens is 3. The van der Waals surface area contributed by atoms with Gasteiger partial charge in [0.05, 0.1) is 0 Å². The predicted molar refractivity (Wildman–Crippen MR) is 123 cm³/mol. The minimum atomic E-state index is -0.773. The molecule has 1 aliphatic carbocycles. The lowest BCUT2D eigenvalue weighted by molar-refractivity contribution is -0.127. The van der Waals surface area contributed by atoms with Crippen LogP contribution in [0.1, 0.15) is 53.0 Å². The Morgan fingerprint density at radius 2 is 2.03 bits per heavy atom. The second-order valence-corrected chi connectivity index (χ2v) is 8.45. The number of nitrogens with two attached hydrogens (primary N) is 1. The van der Waals surface area contributed by atoms with Crippen LogP contribution in [0.25, 0.3) is 0 Å². The summed E-state index contributed by atoms with van der Waals surface area (Å²) < 4.78 is 0. The molecule has 1 saturated heterocycles. The monoisotopic (exact) mass is 449 g/mol. The maximum absolute atomic E-state index is 12.5. The summed E-state index contributed by atoms with van der Waals surface area (Å²) in [7, 11) is 0. The van der Waals surface area contributed by atoms with Gasteiger partial charge < -0.3 is 21.3 Å². The van der Waals surface area contributed by atoms with E-state index in [0.29, 0.717) is 36.7 Å². The van der Waals surface area contributed by atoms with E-state index in [1.165, 1.54) is 6.08 Å². The summed E-state index contributed by atoms with van der Waals surface area (Å²) in [6, 6.07) is 6.97. The number of nitrogens with zero attached hydrogens (tertiary/aromatic N) is 4. The number of benzene rings is 1. The number of likely N-dealkylation sites (tertiary alicyclic amines) is 1. The van der Waals surface area contributed by atoms with E-state index < -0.39 is 5.91 Å². The molecular weight excluding hydrogens is 422 g/mol. The smallest absolute Gasteiger partial charge is 0.273 e. The fourth-order valence-corrected chi connectivity index (χ4v) is 3.86. The Bertz CT molecular complexity index is 1080. The standard InChI is InChI=1S/C23H27N7O3/c1-2-19(32)30-10-4-7-17(13-30)26-23-27-22(20(21(24)33)28-29-23)25-16-6-3-5-15(12-16)18(31)11-14-8-9-14/h2-3,5-6,12,14,17H,1,4,7-11,13H2,(H2,24,33)(H2,25,26,27,29)/t17-/m1/s1. The van der Waals surface area contributed by atoms with Gasteiger partial charge in [-0.15, -0.1) is 10.2 Å². The third-order valence-electron chi connectivity index (χ3n) is 5.78. The normalized spacial score (nSPS) is 17.8. The van der Waals surface area contributed by atoms with Gasteiger partial charge in [0.2, 0.25) is 11.9 Å². The van der Waals surface area contributed by atoms with Crippen molar-refractivity contribution in [2.24, 2.45) is 11.7 Å². The Morgan fingerprint density at radius 1 is 1.21 bits per heavy atom. The highest BCUT2D eigenvalue weighted by Crippen LogP contribution is 2.33. The van der Waals surface area contributed by atoms with Crippen molar-refractivity contribution in [3.05, 3.63) is 48.2 Å². The molecule has 10 nitrogen and oxygen atoms in total. The van der Waals surface area contributed by atoms with Crippen molar-refractivity contribution in [2.45, 2.75) is 38.1 Å². The highest BCUT2D eigenvalue weighted by molar-refractivity contribution is 5.98. The second kappa shape index (κ2) is 9.76. The summed E-state index contributed by atoms with van der Waals surface area (Å²) in [4.78, 5) is 42.4. The fourth-order valence-electron chi connectivity index (χ4n) is 3.86. The molecule has 1 aromatic heterocycles. The molecule has 2 amide bonds. The molecule has 1 atom stereocenters. The van der Waals surface area contributed by atoms with Crippen LogP contribution < -0.4 is 16.4 Å². The SMILES string of the molecule is C=CC(=O)N1CCC[C@@H](Nc2nnc(C(N)=O)c(Nc3cccc(C(=O)CC4CC4)c3)n2)C1. The number of carbonyl (C=O) groups is 3. The molecule has 2 fully saturated rings. The summed E-state index contributed by atoms with van der Waals surface area (Å²) in [5.41, 5.74) is 6.54. The van der Waals surface area contributed by atoms with E-state index in [4.69, 9.17) is 5.73 Å². The van der Waals surface area contributed by atoms with Crippen molar-refractivity contribution in [1.82, 2.24) is 20.1 Å². The Balaban J connectivity index is 1.51. The number of rotatable bonds is 9. The molecule has 1 saturated carbocycles. The van der Waals surface area contributed by atoms with Gasteiger partial charge in [-0.1, -0.05) is 18.7 Å². The van der Waals surface area contributed by atoms with Crippen LogP contribution in [0.2, 0.25) is 0 Å². The average molecular weight is 450 g/mol.